The maximum atomic E-state index is 6.00. The molecule has 0 rings (SSSR count). The summed E-state index contributed by atoms with van der Waals surface area (Å²) in [6.07, 6.45) is 20.1. The van der Waals surface area contributed by atoms with Gasteiger partial charge >= 0.3 is 0 Å². The van der Waals surface area contributed by atoms with E-state index in [4.69, 9.17) is 7.85 Å². The Bertz CT molecular complexity index is 341. The molecule has 0 saturated carbocycles. The summed E-state index contributed by atoms with van der Waals surface area (Å²) in [4.78, 5) is 0. The Hall–Kier alpha value is -0.325. The van der Waals surface area contributed by atoms with Crippen molar-refractivity contribution in [2.45, 2.75) is 89.2 Å². The number of thioether (sulfide) groups is 1. The van der Waals surface area contributed by atoms with Gasteiger partial charge in [-0.25, -0.2) is 0 Å². The van der Waals surface area contributed by atoms with E-state index < -0.39 is 0 Å². The number of hydrogen-bond donors (Lipinski definition) is 1. The smallest absolute Gasteiger partial charge is 0.110 e. The zero-order valence-corrected chi connectivity index (χ0v) is 16.4. The fourth-order valence-electron chi connectivity index (χ4n) is 2.19. The first-order valence-electron chi connectivity index (χ1n) is 9.32. The summed E-state index contributed by atoms with van der Waals surface area (Å²) in [5.41, 5.74) is 0. The Labute approximate surface area is 151 Å². The molecule has 1 nitrogen and oxygen atoms in total. The van der Waals surface area contributed by atoms with Crippen molar-refractivity contribution in [2.24, 2.45) is 0 Å². The lowest BCUT2D eigenvalue weighted by molar-refractivity contribution is 0.613. The van der Waals surface area contributed by atoms with E-state index in [0.717, 1.165) is 38.6 Å². The van der Waals surface area contributed by atoms with Crippen LogP contribution in [-0.2, 0) is 0 Å². The Morgan fingerprint density at radius 2 is 1.61 bits per heavy atom. The summed E-state index contributed by atoms with van der Waals surface area (Å²) in [5, 5.41) is 3.34. The average molecular weight is 333 g/mol. The normalized spacial score (nSPS) is 13.7. The number of allylic oxidation sites excluding steroid dienone is 2. The molecular weight excluding hydrogens is 297 g/mol. The Balaban J connectivity index is 3.33. The summed E-state index contributed by atoms with van der Waals surface area (Å²) in [6.45, 7) is 5.24. The van der Waals surface area contributed by atoms with Crippen LogP contribution < -0.4 is 5.32 Å². The van der Waals surface area contributed by atoms with Crippen LogP contribution in [0.5, 0.6) is 0 Å². The predicted octanol–water partition coefficient (Wildman–Crippen LogP) is 5.65. The Kier molecular flexibility index (Phi) is 16.3. The summed E-state index contributed by atoms with van der Waals surface area (Å²) >= 11 is 1.65. The molecule has 1 atom stereocenters. The third-order valence-electron chi connectivity index (χ3n) is 3.83. The lowest BCUT2D eigenvalue weighted by atomic mass is 9.97. The van der Waals surface area contributed by atoms with E-state index in [2.05, 4.69) is 36.2 Å². The summed E-state index contributed by atoms with van der Waals surface area (Å²) < 4.78 is -0.296. The maximum Gasteiger partial charge on any atom is 0.110 e. The first-order chi connectivity index (χ1) is 11.1. The topological polar surface area (TPSA) is 12.0 Å². The van der Waals surface area contributed by atoms with E-state index in [1.165, 1.54) is 38.5 Å². The average Bonchev–Trinajstić information content (AvgIpc) is 2.54. The molecule has 2 radical (unpaired) electrons. The van der Waals surface area contributed by atoms with Crippen LogP contribution >= 0.6 is 11.8 Å². The molecule has 23 heavy (non-hydrogen) atoms. The quantitative estimate of drug-likeness (QED) is 0.145. The van der Waals surface area contributed by atoms with Crippen molar-refractivity contribution >= 4 is 19.6 Å². The summed E-state index contributed by atoms with van der Waals surface area (Å²) in [6, 6.07) is 0. The van der Waals surface area contributed by atoms with Crippen molar-refractivity contribution in [3.05, 3.63) is 12.2 Å². The van der Waals surface area contributed by atoms with Crippen LogP contribution in [0.15, 0.2) is 12.2 Å². The highest BCUT2D eigenvalue weighted by Crippen LogP contribution is 2.13. The second kappa shape index (κ2) is 16.5. The lowest BCUT2D eigenvalue weighted by Crippen LogP contribution is -2.39. The molecule has 0 aliphatic rings. The number of unbranched alkanes of at least 4 members (excludes halogenated alkanes) is 8. The van der Waals surface area contributed by atoms with Gasteiger partial charge in [0.25, 0.3) is 0 Å². The third kappa shape index (κ3) is 17.9. The minimum atomic E-state index is -0.296. The minimum Gasteiger partial charge on any atom is -0.311 e. The molecule has 0 spiro atoms. The van der Waals surface area contributed by atoms with Crippen molar-refractivity contribution in [3.8, 4) is 11.8 Å². The van der Waals surface area contributed by atoms with Crippen LogP contribution in [0.2, 0.25) is 0 Å². The first-order valence-corrected chi connectivity index (χ1v) is 10.5. The SMILES string of the molecule is [B]C(C)(NCCC/C=C/CCC#CCCCCCCCC)SC. The van der Waals surface area contributed by atoms with E-state index >= 15 is 0 Å². The second-order valence-corrected chi connectivity index (χ2v) is 7.52. The van der Waals surface area contributed by atoms with Crippen molar-refractivity contribution < 1.29 is 0 Å². The molecule has 0 heterocycles. The van der Waals surface area contributed by atoms with E-state index in [-0.39, 0.29) is 4.77 Å². The fraction of sp³-hybridized carbons (Fsp3) is 0.800. The van der Waals surface area contributed by atoms with E-state index in [9.17, 15) is 0 Å². The number of nitrogens with one attached hydrogen (secondary N) is 1. The molecule has 3 heteroatoms. The van der Waals surface area contributed by atoms with Crippen molar-refractivity contribution in [1.29, 1.82) is 0 Å². The van der Waals surface area contributed by atoms with Gasteiger partial charge in [-0.1, -0.05) is 51.2 Å². The second-order valence-electron chi connectivity index (χ2n) is 6.26. The van der Waals surface area contributed by atoms with Gasteiger partial charge in [-0.15, -0.1) is 11.8 Å². The van der Waals surface area contributed by atoms with Crippen LogP contribution in [0.25, 0.3) is 0 Å². The molecule has 0 bridgehead atoms. The van der Waals surface area contributed by atoms with E-state index in [1.807, 2.05) is 13.2 Å². The van der Waals surface area contributed by atoms with Crippen LogP contribution in [0.1, 0.15) is 84.5 Å². The highest BCUT2D eigenvalue weighted by atomic mass is 32.2. The van der Waals surface area contributed by atoms with Gasteiger partial charge in [-0.2, -0.15) is 11.8 Å². The maximum absolute atomic E-state index is 6.00. The molecule has 1 unspecified atom stereocenters. The Morgan fingerprint density at radius 1 is 0.957 bits per heavy atom. The first kappa shape index (κ1) is 22.7. The zero-order valence-electron chi connectivity index (χ0n) is 15.6. The number of rotatable bonds is 14. The molecule has 0 aliphatic carbocycles. The van der Waals surface area contributed by atoms with Crippen LogP contribution in [0, 0.1) is 11.8 Å². The van der Waals surface area contributed by atoms with Gasteiger partial charge in [0.1, 0.15) is 7.85 Å². The monoisotopic (exact) mass is 333 g/mol. The summed E-state index contributed by atoms with van der Waals surface area (Å²) in [7, 11) is 6.00. The van der Waals surface area contributed by atoms with Crippen LogP contribution in [-0.4, -0.2) is 25.4 Å². The molecule has 0 aliphatic heterocycles. The van der Waals surface area contributed by atoms with Crippen LogP contribution in [0.3, 0.4) is 0 Å². The lowest BCUT2D eigenvalue weighted by Gasteiger charge is -2.24. The molecule has 0 aromatic carbocycles. The van der Waals surface area contributed by atoms with Gasteiger partial charge in [-0.05, 0) is 45.4 Å². The molecule has 0 aromatic heterocycles. The molecule has 1 N–H and O–H groups in total. The predicted molar refractivity (Wildman–Crippen MR) is 109 cm³/mol. The van der Waals surface area contributed by atoms with Gasteiger partial charge < -0.3 is 5.32 Å². The standard InChI is InChI=1S/C20H36BNS/c1-4-5-6-7-8-9-10-11-12-13-14-15-16-17-18-19-22-20(2,21)23-3/h15-16,22H,4-10,13-14,17-19H2,1-3H3/b16-15+. The molecule has 130 valence electrons. The molecule has 0 fully saturated rings. The highest BCUT2D eigenvalue weighted by molar-refractivity contribution is 8.01. The molecular formula is C20H36BNS. The van der Waals surface area contributed by atoms with Crippen molar-refractivity contribution in [1.82, 2.24) is 5.32 Å². The zero-order chi connectivity index (χ0) is 17.2. The number of hydrogen-bond acceptors (Lipinski definition) is 2. The fourth-order valence-corrected chi connectivity index (χ4v) is 2.44. The third-order valence-corrected chi connectivity index (χ3v) is 4.82. The summed E-state index contributed by atoms with van der Waals surface area (Å²) in [5.74, 6) is 6.58. The van der Waals surface area contributed by atoms with E-state index in [0.29, 0.717) is 0 Å². The van der Waals surface area contributed by atoms with Crippen molar-refractivity contribution in [2.75, 3.05) is 12.8 Å². The van der Waals surface area contributed by atoms with E-state index in [1.54, 1.807) is 11.8 Å². The largest absolute Gasteiger partial charge is 0.311 e. The van der Waals surface area contributed by atoms with Gasteiger partial charge in [0.15, 0.2) is 0 Å². The van der Waals surface area contributed by atoms with Gasteiger partial charge in [0.05, 0.1) is 0 Å². The van der Waals surface area contributed by atoms with Crippen molar-refractivity contribution in [3.63, 3.8) is 0 Å². The highest BCUT2D eigenvalue weighted by Gasteiger charge is 2.12. The Morgan fingerprint density at radius 3 is 2.35 bits per heavy atom. The van der Waals surface area contributed by atoms with Gasteiger partial charge in [0.2, 0.25) is 0 Å². The molecule has 0 saturated heterocycles. The van der Waals surface area contributed by atoms with Crippen LogP contribution in [0.4, 0.5) is 0 Å². The molecule has 0 aromatic rings. The molecule has 0 amide bonds. The van der Waals surface area contributed by atoms with Gasteiger partial charge in [-0.3, -0.25) is 0 Å². The minimum absolute atomic E-state index is 0.296. The van der Waals surface area contributed by atoms with Gasteiger partial charge in [0, 0.05) is 17.6 Å².